The fourth-order valence-corrected chi connectivity index (χ4v) is 2.54. The molecule has 2 aromatic rings. The van der Waals surface area contributed by atoms with E-state index >= 15 is 0 Å². The topological polar surface area (TPSA) is 58.6 Å². The lowest BCUT2D eigenvalue weighted by Gasteiger charge is -2.17. The zero-order valence-electron chi connectivity index (χ0n) is 14.7. The average molecular weight is 340 g/mol. The monoisotopic (exact) mass is 340 g/mol. The van der Waals surface area contributed by atoms with Crippen molar-refractivity contribution in [2.24, 2.45) is 0 Å². The van der Waals surface area contributed by atoms with E-state index in [0.717, 1.165) is 11.1 Å². The Hall–Kier alpha value is -2.66. The van der Waals surface area contributed by atoms with Crippen LogP contribution in [0.4, 0.5) is 0 Å². The Morgan fingerprint density at radius 3 is 2.44 bits per heavy atom. The van der Waals surface area contributed by atoms with Crippen LogP contribution in [0.25, 0.3) is 0 Å². The number of nitrogens with zero attached hydrogens (tertiary/aromatic N) is 1. The van der Waals surface area contributed by atoms with Crippen LogP contribution in [-0.2, 0) is 22.7 Å². The Morgan fingerprint density at radius 2 is 1.72 bits per heavy atom. The van der Waals surface area contributed by atoms with E-state index in [9.17, 15) is 9.59 Å². The van der Waals surface area contributed by atoms with E-state index in [2.05, 4.69) is 5.32 Å². The summed E-state index contributed by atoms with van der Waals surface area (Å²) >= 11 is 0. The van der Waals surface area contributed by atoms with Gasteiger partial charge in [-0.1, -0.05) is 48.5 Å². The van der Waals surface area contributed by atoms with Crippen LogP contribution in [-0.4, -0.2) is 37.4 Å². The first-order valence-corrected chi connectivity index (χ1v) is 8.24. The van der Waals surface area contributed by atoms with Crippen molar-refractivity contribution in [1.82, 2.24) is 10.2 Å². The summed E-state index contributed by atoms with van der Waals surface area (Å²) in [5, 5.41) is 2.81. The molecule has 25 heavy (non-hydrogen) atoms. The van der Waals surface area contributed by atoms with Gasteiger partial charge in [-0.25, -0.2) is 0 Å². The summed E-state index contributed by atoms with van der Waals surface area (Å²) in [5.74, 6) is -0.194. The second kappa shape index (κ2) is 9.59. The Bertz CT molecular complexity index is 701. The van der Waals surface area contributed by atoms with Gasteiger partial charge in [0.05, 0.1) is 6.61 Å². The molecule has 0 saturated carbocycles. The van der Waals surface area contributed by atoms with Crippen molar-refractivity contribution in [2.45, 2.75) is 19.6 Å². The summed E-state index contributed by atoms with van der Waals surface area (Å²) in [6, 6.07) is 17.1. The minimum Gasteiger partial charge on any atom is -0.380 e. The van der Waals surface area contributed by atoms with Crippen molar-refractivity contribution in [3.8, 4) is 0 Å². The van der Waals surface area contributed by atoms with Crippen LogP contribution < -0.4 is 5.32 Å². The van der Waals surface area contributed by atoms with Gasteiger partial charge in [0, 0.05) is 39.2 Å². The molecule has 2 rings (SSSR count). The lowest BCUT2D eigenvalue weighted by Crippen LogP contribution is -2.32. The number of benzene rings is 2. The lowest BCUT2D eigenvalue weighted by molar-refractivity contribution is -0.130. The minimum atomic E-state index is -0.189. The molecule has 0 aromatic heterocycles. The van der Waals surface area contributed by atoms with E-state index in [1.54, 1.807) is 25.1 Å². The fourth-order valence-electron chi connectivity index (χ4n) is 2.54. The number of ether oxygens (including phenoxy) is 1. The molecule has 0 fully saturated rings. The van der Waals surface area contributed by atoms with Gasteiger partial charge in [-0.05, 0) is 17.2 Å². The number of hydrogen-bond acceptors (Lipinski definition) is 3. The van der Waals surface area contributed by atoms with Crippen LogP contribution in [0.1, 0.15) is 27.9 Å². The summed E-state index contributed by atoms with van der Waals surface area (Å²) < 4.78 is 5.11. The van der Waals surface area contributed by atoms with Gasteiger partial charge in [-0.2, -0.15) is 0 Å². The molecule has 1 N–H and O–H groups in total. The third-order valence-corrected chi connectivity index (χ3v) is 3.87. The number of methoxy groups -OCH3 is 1. The largest absolute Gasteiger partial charge is 0.380 e. The van der Waals surface area contributed by atoms with Crippen molar-refractivity contribution in [3.63, 3.8) is 0 Å². The quantitative estimate of drug-likeness (QED) is 0.804. The van der Waals surface area contributed by atoms with Crippen LogP contribution in [0.5, 0.6) is 0 Å². The van der Waals surface area contributed by atoms with Crippen molar-refractivity contribution in [3.05, 3.63) is 71.3 Å². The van der Waals surface area contributed by atoms with Crippen LogP contribution in [0.3, 0.4) is 0 Å². The summed E-state index contributed by atoms with van der Waals surface area (Å²) in [7, 11) is 3.36. The second-order valence-corrected chi connectivity index (χ2v) is 5.83. The molecule has 0 saturated heterocycles. The van der Waals surface area contributed by atoms with Gasteiger partial charge >= 0.3 is 0 Å². The molecule has 0 spiro atoms. The highest BCUT2D eigenvalue weighted by molar-refractivity contribution is 5.95. The van der Waals surface area contributed by atoms with Crippen molar-refractivity contribution in [2.75, 3.05) is 20.7 Å². The van der Waals surface area contributed by atoms with Gasteiger partial charge in [0.1, 0.15) is 0 Å². The van der Waals surface area contributed by atoms with E-state index in [1.807, 2.05) is 48.5 Å². The standard InChI is InChI=1S/C20H24N2O3/c1-22(14-16-8-4-3-5-9-16)19(23)12-13-21-20(24)18-11-7-6-10-17(18)15-25-2/h3-11H,12-15H2,1-2H3,(H,21,24). The molecule has 0 aliphatic carbocycles. The van der Waals surface area contributed by atoms with Crippen LogP contribution in [0.15, 0.2) is 54.6 Å². The maximum Gasteiger partial charge on any atom is 0.251 e. The first-order valence-electron chi connectivity index (χ1n) is 8.24. The minimum absolute atomic E-state index is 0.00525. The molecular weight excluding hydrogens is 316 g/mol. The molecule has 0 unspecified atom stereocenters. The molecule has 0 bridgehead atoms. The summed E-state index contributed by atoms with van der Waals surface area (Å²) in [4.78, 5) is 26.1. The fraction of sp³-hybridized carbons (Fsp3) is 0.300. The van der Waals surface area contributed by atoms with Crippen molar-refractivity contribution >= 4 is 11.8 Å². The third-order valence-electron chi connectivity index (χ3n) is 3.87. The Kier molecular flexibility index (Phi) is 7.16. The molecule has 132 valence electrons. The predicted molar refractivity (Wildman–Crippen MR) is 97.0 cm³/mol. The van der Waals surface area contributed by atoms with E-state index in [4.69, 9.17) is 4.74 Å². The molecule has 0 radical (unpaired) electrons. The molecule has 2 aromatic carbocycles. The zero-order chi connectivity index (χ0) is 18.1. The van der Waals surface area contributed by atoms with E-state index < -0.39 is 0 Å². The zero-order valence-corrected chi connectivity index (χ0v) is 14.7. The van der Waals surface area contributed by atoms with Gasteiger partial charge in [0.2, 0.25) is 5.91 Å². The number of nitrogens with one attached hydrogen (secondary N) is 1. The van der Waals surface area contributed by atoms with Crippen LogP contribution in [0, 0.1) is 0 Å². The molecule has 0 aliphatic rings. The number of hydrogen-bond donors (Lipinski definition) is 1. The van der Waals surface area contributed by atoms with Crippen LogP contribution in [0.2, 0.25) is 0 Å². The highest BCUT2D eigenvalue weighted by Crippen LogP contribution is 2.10. The highest BCUT2D eigenvalue weighted by Gasteiger charge is 2.13. The summed E-state index contributed by atoms with van der Waals surface area (Å²) in [6.07, 6.45) is 0.265. The van der Waals surface area contributed by atoms with Gasteiger partial charge < -0.3 is 15.0 Å². The van der Waals surface area contributed by atoms with E-state index in [0.29, 0.717) is 25.3 Å². The smallest absolute Gasteiger partial charge is 0.251 e. The first-order chi connectivity index (χ1) is 12.1. The highest BCUT2D eigenvalue weighted by atomic mass is 16.5. The second-order valence-electron chi connectivity index (χ2n) is 5.83. The molecule has 0 aliphatic heterocycles. The summed E-state index contributed by atoms with van der Waals surface area (Å²) in [5.41, 5.74) is 2.49. The third kappa shape index (κ3) is 5.72. The molecule has 5 nitrogen and oxygen atoms in total. The number of carbonyl (C=O) groups is 2. The maximum absolute atomic E-state index is 12.3. The Labute approximate surface area is 148 Å². The molecule has 5 heteroatoms. The summed E-state index contributed by atoms with van der Waals surface area (Å²) in [6.45, 7) is 1.24. The van der Waals surface area contributed by atoms with E-state index in [1.165, 1.54) is 0 Å². The Morgan fingerprint density at radius 1 is 1.04 bits per heavy atom. The lowest BCUT2D eigenvalue weighted by atomic mass is 10.1. The number of amides is 2. The molecule has 0 heterocycles. The van der Waals surface area contributed by atoms with Crippen LogP contribution >= 0.6 is 0 Å². The van der Waals surface area contributed by atoms with Crippen molar-refractivity contribution in [1.29, 1.82) is 0 Å². The van der Waals surface area contributed by atoms with E-state index in [-0.39, 0.29) is 18.2 Å². The normalized spacial score (nSPS) is 10.3. The van der Waals surface area contributed by atoms with Gasteiger partial charge in [0.15, 0.2) is 0 Å². The Balaban J connectivity index is 1.81. The van der Waals surface area contributed by atoms with Gasteiger partial charge in [0.25, 0.3) is 5.91 Å². The van der Waals surface area contributed by atoms with Gasteiger partial charge in [-0.15, -0.1) is 0 Å². The van der Waals surface area contributed by atoms with Crippen molar-refractivity contribution < 1.29 is 14.3 Å². The number of carbonyl (C=O) groups excluding carboxylic acids is 2. The van der Waals surface area contributed by atoms with Gasteiger partial charge in [-0.3, -0.25) is 9.59 Å². The molecular formula is C20H24N2O3. The number of rotatable bonds is 8. The first kappa shape index (κ1) is 18.7. The average Bonchev–Trinajstić information content (AvgIpc) is 2.63. The maximum atomic E-state index is 12.3. The molecule has 0 atom stereocenters. The SMILES string of the molecule is COCc1ccccc1C(=O)NCCC(=O)N(C)Cc1ccccc1. The molecule has 2 amide bonds. The predicted octanol–water partition coefficient (Wildman–Crippen LogP) is 2.61.